The lowest BCUT2D eigenvalue weighted by Gasteiger charge is -2.37. The number of hydrogen-bond acceptors (Lipinski definition) is 3. The summed E-state index contributed by atoms with van der Waals surface area (Å²) in [7, 11) is 0. The monoisotopic (exact) mass is 208 g/mol. The smallest absolute Gasteiger partial charge is 0.123 e. The minimum absolute atomic E-state index is 0.162. The molecule has 1 rings (SSSR count). The van der Waals surface area contributed by atoms with E-state index in [1.807, 2.05) is 33.8 Å². The van der Waals surface area contributed by atoms with Gasteiger partial charge in [-0.05, 0) is 30.0 Å². The maximum Gasteiger partial charge on any atom is 0.123 e. The number of aromatic nitrogens is 1. The van der Waals surface area contributed by atoms with Gasteiger partial charge in [-0.25, -0.2) is 4.98 Å². The van der Waals surface area contributed by atoms with Crippen LogP contribution in [0.3, 0.4) is 0 Å². The number of anilines is 1. The van der Waals surface area contributed by atoms with Gasteiger partial charge in [0.1, 0.15) is 5.82 Å². The Hall–Kier alpha value is -1.09. The van der Waals surface area contributed by atoms with Gasteiger partial charge in [0.25, 0.3) is 0 Å². The SMILES string of the molecule is CC(C)(C)C(C)(O)Cc1ccnc(N)c1. The molecule has 0 aliphatic rings. The fraction of sp³-hybridized carbons (Fsp3) is 0.583. The zero-order valence-corrected chi connectivity index (χ0v) is 9.91. The molecule has 15 heavy (non-hydrogen) atoms. The van der Waals surface area contributed by atoms with Crippen LogP contribution in [0.1, 0.15) is 33.3 Å². The number of pyridine rings is 1. The quantitative estimate of drug-likeness (QED) is 0.781. The minimum Gasteiger partial charge on any atom is -0.389 e. The molecule has 1 heterocycles. The van der Waals surface area contributed by atoms with E-state index in [1.54, 1.807) is 12.3 Å². The van der Waals surface area contributed by atoms with E-state index in [-0.39, 0.29) is 5.41 Å². The van der Waals surface area contributed by atoms with Crippen LogP contribution >= 0.6 is 0 Å². The first-order valence-corrected chi connectivity index (χ1v) is 5.15. The third-order valence-electron chi connectivity index (χ3n) is 3.01. The zero-order chi connectivity index (χ0) is 11.7. The summed E-state index contributed by atoms with van der Waals surface area (Å²) < 4.78 is 0. The molecule has 3 nitrogen and oxygen atoms in total. The standard InChI is InChI=1S/C12H20N2O/c1-11(2,3)12(4,15)8-9-5-6-14-10(13)7-9/h5-7,15H,8H2,1-4H3,(H2,13,14). The third kappa shape index (κ3) is 2.93. The molecular formula is C12H20N2O. The van der Waals surface area contributed by atoms with Crippen LogP contribution in [0.2, 0.25) is 0 Å². The topological polar surface area (TPSA) is 59.1 Å². The summed E-state index contributed by atoms with van der Waals surface area (Å²) >= 11 is 0. The summed E-state index contributed by atoms with van der Waals surface area (Å²) in [5.74, 6) is 0.497. The van der Waals surface area contributed by atoms with E-state index < -0.39 is 5.60 Å². The lowest BCUT2D eigenvalue weighted by molar-refractivity contribution is -0.0405. The van der Waals surface area contributed by atoms with E-state index in [0.717, 1.165) is 5.56 Å². The summed E-state index contributed by atoms with van der Waals surface area (Å²) in [6.45, 7) is 7.93. The van der Waals surface area contributed by atoms with E-state index in [9.17, 15) is 5.11 Å². The van der Waals surface area contributed by atoms with Crippen LogP contribution in [-0.2, 0) is 6.42 Å². The van der Waals surface area contributed by atoms with Gasteiger partial charge in [-0.2, -0.15) is 0 Å². The van der Waals surface area contributed by atoms with Crippen LogP contribution in [0.5, 0.6) is 0 Å². The molecular weight excluding hydrogens is 188 g/mol. The molecule has 0 bridgehead atoms. The second-order valence-corrected chi connectivity index (χ2v) is 5.29. The van der Waals surface area contributed by atoms with Crippen molar-refractivity contribution in [1.82, 2.24) is 4.98 Å². The molecule has 1 atom stereocenters. The highest BCUT2D eigenvalue weighted by Gasteiger charge is 2.35. The van der Waals surface area contributed by atoms with Gasteiger partial charge >= 0.3 is 0 Å². The molecule has 3 N–H and O–H groups in total. The Kier molecular flexibility index (Phi) is 3.05. The maximum atomic E-state index is 10.3. The highest BCUT2D eigenvalue weighted by Crippen LogP contribution is 2.32. The minimum atomic E-state index is -0.749. The summed E-state index contributed by atoms with van der Waals surface area (Å²) in [5, 5.41) is 10.3. The number of nitrogens with two attached hydrogens (primary N) is 1. The predicted molar refractivity (Wildman–Crippen MR) is 62.4 cm³/mol. The van der Waals surface area contributed by atoms with Crippen molar-refractivity contribution >= 4 is 5.82 Å². The highest BCUT2D eigenvalue weighted by atomic mass is 16.3. The number of aliphatic hydroxyl groups is 1. The second kappa shape index (κ2) is 3.81. The van der Waals surface area contributed by atoms with Crippen LogP contribution in [-0.4, -0.2) is 15.7 Å². The number of rotatable bonds is 2. The molecule has 0 aromatic carbocycles. The van der Waals surface area contributed by atoms with Crippen LogP contribution in [0.15, 0.2) is 18.3 Å². The van der Waals surface area contributed by atoms with Crippen molar-refractivity contribution in [3.63, 3.8) is 0 Å². The molecule has 0 fully saturated rings. The molecule has 0 saturated carbocycles. The van der Waals surface area contributed by atoms with Gasteiger partial charge in [-0.3, -0.25) is 0 Å². The van der Waals surface area contributed by atoms with Gasteiger partial charge in [0.15, 0.2) is 0 Å². The fourth-order valence-electron chi connectivity index (χ4n) is 1.27. The Balaban J connectivity index is 2.87. The molecule has 1 aromatic heterocycles. The molecule has 0 spiro atoms. The average Bonchev–Trinajstić information content (AvgIpc) is 2.00. The van der Waals surface area contributed by atoms with Crippen molar-refractivity contribution in [3.05, 3.63) is 23.9 Å². The Morgan fingerprint density at radius 3 is 2.40 bits per heavy atom. The van der Waals surface area contributed by atoms with Gasteiger partial charge in [0, 0.05) is 12.6 Å². The molecule has 0 saturated heterocycles. The summed E-state index contributed by atoms with van der Waals surface area (Å²) in [5.41, 5.74) is 5.70. The third-order valence-corrected chi connectivity index (χ3v) is 3.01. The van der Waals surface area contributed by atoms with Crippen LogP contribution < -0.4 is 5.73 Å². The molecule has 1 unspecified atom stereocenters. The Labute approximate surface area is 91.3 Å². The lowest BCUT2D eigenvalue weighted by atomic mass is 9.74. The Morgan fingerprint density at radius 1 is 1.33 bits per heavy atom. The van der Waals surface area contributed by atoms with Gasteiger partial charge in [0.05, 0.1) is 5.60 Å². The Morgan fingerprint density at radius 2 is 1.93 bits per heavy atom. The van der Waals surface area contributed by atoms with E-state index in [0.29, 0.717) is 12.2 Å². The second-order valence-electron chi connectivity index (χ2n) is 5.29. The lowest BCUT2D eigenvalue weighted by Crippen LogP contribution is -2.41. The van der Waals surface area contributed by atoms with Crippen molar-refractivity contribution in [1.29, 1.82) is 0 Å². The zero-order valence-electron chi connectivity index (χ0n) is 9.91. The van der Waals surface area contributed by atoms with Crippen LogP contribution in [0.25, 0.3) is 0 Å². The molecule has 0 aliphatic heterocycles. The average molecular weight is 208 g/mol. The number of nitrogen functional groups attached to an aromatic ring is 1. The van der Waals surface area contributed by atoms with E-state index in [4.69, 9.17) is 5.73 Å². The Bertz CT molecular complexity index is 340. The van der Waals surface area contributed by atoms with E-state index in [2.05, 4.69) is 4.98 Å². The molecule has 0 aliphatic carbocycles. The summed E-state index contributed by atoms with van der Waals surface area (Å²) in [6, 6.07) is 3.69. The van der Waals surface area contributed by atoms with Gasteiger partial charge < -0.3 is 10.8 Å². The van der Waals surface area contributed by atoms with Crippen molar-refractivity contribution in [3.8, 4) is 0 Å². The first-order valence-electron chi connectivity index (χ1n) is 5.15. The molecule has 0 amide bonds. The van der Waals surface area contributed by atoms with Crippen LogP contribution in [0, 0.1) is 5.41 Å². The van der Waals surface area contributed by atoms with Gasteiger partial charge in [-0.1, -0.05) is 20.8 Å². The molecule has 1 aromatic rings. The summed E-state index contributed by atoms with van der Waals surface area (Å²) in [4.78, 5) is 3.93. The first kappa shape index (κ1) is 12.0. The van der Waals surface area contributed by atoms with Crippen molar-refractivity contribution in [2.24, 2.45) is 5.41 Å². The molecule has 3 heteroatoms. The van der Waals surface area contributed by atoms with Gasteiger partial charge in [-0.15, -0.1) is 0 Å². The maximum absolute atomic E-state index is 10.3. The largest absolute Gasteiger partial charge is 0.389 e. The number of nitrogens with zero attached hydrogens (tertiary/aromatic N) is 1. The van der Waals surface area contributed by atoms with E-state index in [1.165, 1.54) is 0 Å². The number of hydrogen-bond donors (Lipinski definition) is 2. The van der Waals surface area contributed by atoms with Crippen molar-refractivity contribution in [2.45, 2.75) is 39.7 Å². The van der Waals surface area contributed by atoms with Crippen LogP contribution in [0.4, 0.5) is 5.82 Å². The van der Waals surface area contributed by atoms with E-state index >= 15 is 0 Å². The predicted octanol–water partition coefficient (Wildman–Crippen LogP) is 2.00. The first-order chi connectivity index (χ1) is 6.72. The molecule has 84 valence electrons. The van der Waals surface area contributed by atoms with Crippen molar-refractivity contribution in [2.75, 3.05) is 5.73 Å². The van der Waals surface area contributed by atoms with Crippen molar-refractivity contribution < 1.29 is 5.11 Å². The normalized spacial score (nSPS) is 16.1. The molecule has 0 radical (unpaired) electrons. The summed E-state index contributed by atoms with van der Waals surface area (Å²) in [6.07, 6.45) is 2.26. The van der Waals surface area contributed by atoms with Gasteiger partial charge in [0.2, 0.25) is 0 Å². The highest BCUT2D eigenvalue weighted by molar-refractivity contribution is 5.32. The fourth-order valence-corrected chi connectivity index (χ4v) is 1.27.